The normalized spacial score (nSPS) is 16.2. The summed E-state index contributed by atoms with van der Waals surface area (Å²) in [5.41, 5.74) is 1.11. The van der Waals surface area contributed by atoms with E-state index in [1.807, 2.05) is 30.3 Å². The fraction of sp³-hybridized carbons (Fsp3) is 0.357. The van der Waals surface area contributed by atoms with Crippen molar-refractivity contribution in [1.29, 1.82) is 0 Å². The monoisotopic (exact) mass is 287 g/mol. The fourth-order valence-electron chi connectivity index (χ4n) is 2.17. The van der Waals surface area contributed by atoms with E-state index in [1.54, 1.807) is 10.9 Å². The second-order valence-corrected chi connectivity index (χ2v) is 5.02. The van der Waals surface area contributed by atoms with Crippen LogP contribution in [-0.2, 0) is 0 Å². The Hall–Kier alpha value is -2.25. The lowest BCUT2D eigenvalue weighted by Crippen LogP contribution is -2.43. The molecule has 1 aliphatic rings. The largest absolute Gasteiger partial charge is 0.394 e. The average Bonchev–Trinajstić information content (AvgIpc) is 2.93. The van der Waals surface area contributed by atoms with Gasteiger partial charge in [0, 0.05) is 13.1 Å². The van der Waals surface area contributed by atoms with Gasteiger partial charge in [0.1, 0.15) is 0 Å². The molecule has 2 heterocycles. The predicted octanol–water partition coefficient (Wildman–Crippen LogP) is -0.114. The van der Waals surface area contributed by atoms with Crippen LogP contribution < -0.4 is 10.6 Å². The molecule has 3 N–H and O–H groups in total. The number of nitrogens with zero attached hydrogens (tertiary/aromatic N) is 3. The maximum absolute atomic E-state index is 12.2. The maximum Gasteiger partial charge on any atom is 0.274 e. The highest BCUT2D eigenvalue weighted by molar-refractivity contribution is 5.92. The third-order valence-corrected chi connectivity index (χ3v) is 3.57. The van der Waals surface area contributed by atoms with Crippen molar-refractivity contribution in [3.63, 3.8) is 0 Å². The van der Waals surface area contributed by atoms with Crippen LogP contribution in [0, 0.1) is 0 Å². The first-order valence-corrected chi connectivity index (χ1v) is 6.87. The molecule has 3 rings (SSSR count). The molecule has 0 bridgehead atoms. The van der Waals surface area contributed by atoms with Crippen molar-refractivity contribution < 1.29 is 9.90 Å². The molecule has 0 unspecified atom stereocenters. The molecule has 1 amide bonds. The van der Waals surface area contributed by atoms with Crippen molar-refractivity contribution >= 4 is 5.91 Å². The molecule has 0 aliphatic carbocycles. The Kier molecular flexibility index (Phi) is 3.94. The predicted molar refractivity (Wildman–Crippen MR) is 75.7 cm³/mol. The van der Waals surface area contributed by atoms with Gasteiger partial charge in [-0.05, 0) is 5.56 Å². The molecule has 110 valence electrons. The van der Waals surface area contributed by atoms with Gasteiger partial charge in [-0.2, -0.15) is 0 Å². The van der Waals surface area contributed by atoms with E-state index in [-0.39, 0.29) is 24.2 Å². The second-order valence-electron chi connectivity index (χ2n) is 5.02. The Morgan fingerprint density at radius 3 is 2.81 bits per heavy atom. The van der Waals surface area contributed by atoms with Gasteiger partial charge in [0.2, 0.25) is 0 Å². The summed E-state index contributed by atoms with van der Waals surface area (Å²) < 4.78 is 1.70. The quantitative estimate of drug-likeness (QED) is 0.713. The zero-order valence-corrected chi connectivity index (χ0v) is 11.4. The third kappa shape index (κ3) is 2.93. The summed E-state index contributed by atoms with van der Waals surface area (Å²) in [4.78, 5) is 12.2. The molecule has 21 heavy (non-hydrogen) atoms. The molecule has 0 saturated carbocycles. The van der Waals surface area contributed by atoms with Crippen LogP contribution in [0.3, 0.4) is 0 Å². The van der Waals surface area contributed by atoms with Crippen molar-refractivity contribution in [3.8, 4) is 0 Å². The van der Waals surface area contributed by atoms with Gasteiger partial charge in [-0.25, -0.2) is 4.68 Å². The SMILES string of the molecule is O=C(N[C@@H](CO)c1ccccc1)c1cn(C2CNC2)nn1. The van der Waals surface area contributed by atoms with Crippen molar-refractivity contribution in [2.45, 2.75) is 12.1 Å². The Morgan fingerprint density at radius 2 is 2.19 bits per heavy atom. The summed E-state index contributed by atoms with van der Waals surface area (Å²) in [6.07, 6.45) is 1.64. The molecule has 0 spiro atoms. The number of rotatable bonds is 5. The van der Waals surface area contributed by atoms with Crippen molar-refractivity contribution in [2.24, 2.45) is 0 Å². The molecule has 1 aliphatic heterocycles. The minimum atomic E-state index is -0.450. The van der Waals surface area contributed by atoms with Gasteiger partial charge in [-0.15, -0.1) is 5.10 Å². The van der Waals surface area contributed by atoms with E-state index in [0.29, 0.717) is 0 Å². The molecule has 1 saturated heterocycles. The van der Waals surface area contributed by atoms with E-state index in [9.17, 15) is 9.90 Å². The highest BCUT2D eigenvalue weighted by Gasteiger charge is 2.22. The minimum absolute atomic E-state index is 0.170. The molecule has 1 aromatic carbocycles. The number of benzene rings is 1. The highest BCUT2D eigenvalue weighted by Crippen LogP contribution is 2.13. The van der Waals surface area contributed by atoms with Gasteiger partial charge >= 0.3 is 0 Å². The third-order valence-electron chi connectivity index (χ3n) is 3.57. The Bertz CT molecular complexity index is 609. The topological polar surface area (TPSA) is 92.1 Å². The van der Waals surface area contributed by atoms with Crippen LogP contribution in [0.5, 0.6) is 0 Å². The lowest BCUT2D eigenvalue weighted by atomic mass is 10.1. The van der Waals surface area contributed by atoms with Crippen LogP contribution in [-0.4, -0.2) is 45.7 Å². The number of nitrogens with one attached hydrogen (secondary N) is 2. The summed E-state index contributed by atoms with van der Waals surface area (Å²) >= 11 is 0. The first-order chi connectivity index (χ1) is 10.3. The van der Waals surface area contributed by atoms with E-state index < -0.39 is 6.04 Å². The molecule has 7 nitrogen and oxygen atoms in total. The van der Waals surface area contributed by atoms with Crippen LogP contribution >= 0.6 is 0 Å². The van der Waals surface area contributed by atoms with Crippen LogP contribution in [0.2, 0.25) is 0 Å². The number of hydrogen-bond donors (Lipinski definition) is 3. The Morgan fingerprint density at radius 1 is 1.43 bits per heavy atom. The molecule has 7 heteroatoms. The van der Waals surface area contributed by atoms with Crippen LogP contribution in [0.4, 0.5) is 0 Å². The lowest BCUT2D eigenvalue weighted by molar-refractivity contribution is 0.0911. The Labute approximate surface area is 122 Å². The summed E-state index contributed by atoms with van der Waals surface area (Å²) in [6, 6.07) is 9.15. The first kappa shape index (κ1) is 13.7. The molecule has 1 atom stereocenters. The number of carbonyl (C=O) groups excluding carboxylic acids is 1. The van der Waals surface area contributed by atoms with Crippen LogP contribution in [0.1, 0.15) is 28.1 Å². The molecule has 1 aromatic heterocycles. The van der Waals surface area contributed by atoms with Crippen LogP contribution in [0.25, 0.3) is 0 Å². The van der Waals surface area contributed by atoms with Gasteiger partial charge in [-0.3, -0.25) is 4.79 Å². The lowest BCUT2D eigenvalue weighted by Gasteiger charge is -2.26. The summed E-state index contributed by atoms with van der Waals surface area (Å²) in [5, 5.41) is 23.2. The zero-order valence-electron chi connectivity index (χ0n) is 11.4. The molecule has 1 fully saturated rings. The minimum Gasteiger partial charge on any atom is -0.394 e. The number of carbonyl (C=O) groups is 1. The standard InChI is InChI=1S/C14H17N5O2/c20-9-13(10-4-2-1-3-5-10)16-14(21)12-8-19(18-17-12)11-6-15-7-11/h1-5,8,11,13,15,20H,6-7,9H2,(H,16,21)/t13-/m0/s1. The molecule has 2 aromatic rings. The highest BCUT2D eigenvalue weighted by atomic mass is 16.3. The van der Waals surface area contributed by atoms with Gasteiger partial charge in [0.15, 0.2) is 5.69 Å². The van der Waals surface area contributed by atoms with Crippen LogP contribution in [0.15, 0.2) is 36.5 Å². The Balaban J connectivity index is 1.68. The smallest absolute Gasteiger partial charge is 0.274 e. The number of hydrogen-bond acceptors (Lipinski definition) is 5. The number of amides is 1. The van der Waals surface area contributed by atoms with E-state index in [2.05, 4.69) is 20.9 Å². The number of aliphatic hydroxyl groups is 1. The van der Waals surface area contributed by atoms with Gasteiger partial charge in [-0.1, -0.05) is 35.5 Å². The summed E-state index contributed by atoms with van der Waals surface area (Å²) in [5.74, 6) is -0.337. The molecule has 0 radical (unpaired) electrons. The average molecular weight is 287 g/mol. The van der Waals surface area contributed by atoms with Crippen molar-refractivity contribution in [3.05, 3.63) is 47.8 Å². The van der Waals surface area contributed by atoms with E-state index >= 15 is 0 Å². The fourth-order valence-corrected chi connectivity index (χ4v) is 2.17. The summed E-state index contributed by atoms with van der Waals surface area (Å²) in [7, 11) is 0. The van der Waals surface area contributed by atoms with Crippen molar-refractivity contribution in [1.82, 2.24) is 25.6 Å². The second kappa shape index (κ2) is 6.02. The first-order valence-electron chi connectivity index (χ1n) is 6.87. The van der Waals surface area contributed by atoms with E-state index in [0.717, 1.165) is 18.7 Å². The van der Waals surface area contributed by atoms with Gasteiger partial charge in [0.05, 0.1) is 24.9 Å². The zero-order chi connectivity index (χ0) is 14.7. The molecular formula is C14H17N5O2. The maximum atomic E-state index is 12.2. The van der Waals surface area contributed by atoms with E-state index in [4.69, 9.17) is 0 Å². The molecular weight excluding hydrogens is 270 g/mol. The van der Waals surface area contributed by atoms with Crippen molar-refractivity contribution in [2.75, 3.05) is 19.7 Å². The van der Waals surface area contributed by atoms with Gasteiger partial charge in [0.25, 0.3) is 5.91 Å². The van der Waals surface area contributed by atoms with Gasteiger partial charge < -0.3 is 15.7 Å². The summed E-state index contributed by atoms with van der Waals surface area (Å²) in [6.45, 7) is 1.51. The number of aromatic nitrogens is 3. The van der Waals surface area contributed by atoms with E-state index in [1.165, 1.54) is 0 Å². The number of aliphatic hydroxyl groups excluding tert-OH is 1.